The van der Waals surface area contributed by atoms with Gasteiger partial charge in [0.25, 0.3) is 0 Å². The van der Waals surface area contributed by atoms with Gasteiger partial charge in [-0.05, 0) is 19.8 Å². The van der Waals surface area contributed by atoms with Gasteiger partial charge in [-0.2, -0.15) is 0 Å². The van der Waals surface area contributed by atoms with Gasteiger partial charge in [-0.25, -0.2) is 8.42 Å². The number of hydrogen-bond donors (Lipinski definition) is 1. The predicted molar refractivity (Wildman–Crippen MR) is 53.9 cm³/mol. The fourth-order valence-electron chi connectivity index (χ4n) is 2.31. The van der Waals surface area contributed by atoms with Crippen molar-refractivity contribution in [3.05, 3.63) is 0 Å². The van der Waals surface area contributed by atoms with Crippen LogP contribution in [0, 0.1) is 0 Å². The normalized spacial score (nSPS) is 43.1. The molecule has 1 saturated carbocycles. The second kappa shape index (κ2) is 3.18. The molecule has 2 aliphatic rings. The van der Waals surface area contributed by atoms with Crippen molar-refractivity contribution in [2.45, 2.75) is 31.4 Å². The van der Waals surface area contributed by atoms with Gasteiger partial charge in [-0.1, -0.05) is 0 Å². The Balaban J connectivity index is 1.96. The van der Waals surface area contributed by atoms with Crippen LogP contribution in [0.1, 0.15) is 19.8 Å². The summed E-state index contributed by atoms with van der Waals surface area (Å²) in [5.74, 6) is 0.499. The van der Waals surface area contributed by atoms with Gasteiger partial charge in [0, 0.05) is 19.1 Å². The molecule has 82 valence electrons. The Morgan fingerprint density at radius 1 is 1.36 bits per heavy atom. The Kier molecular flexibility index (Phi) is 2.36. The third-order valence-corrected chi connectivity index (χ3v) is 5.07. The van der Waals surface area contributed by atoms with E-state index in [2.05, 4.69) is 4.90 Å². The SMILES string of the molecule is C[C@]1(O)CC[C@@H]1N1CCS(=O)(=O)CC1. The molecule has 0 bridgehead atoms. The third kappa shape index (κ3) is 1.81. The van der Waals surface area contributed by atoms with E-state index in [0.717, 1.165) is 12.8 Å². The van der Waals surface area contributed by atoms with Crippen molar-refractivity contribution in [1.29, 1.82) is 0 Å². The first-order valence-corrected chi connectivity index (χ1v) is 6.90. The molecule has 0 aromatic heterocycles. The highest BCUT2D eigenvalue weighted by molar-refractivity contribution is 7.91. The molecule has 1 N–H and O–H groups in total. The molecule has 2 rings (SSSR count). The Bertz CT molecular complexity index is 309. The van der Waals surface area contributed by atoms with Crippen molar-refractivity contribution in [2.75, 3.05) is 24.6 Å². The zero-order chi connectivity index (χ0) is 10.4. The molecule has 2 fully saturated rings. The van der Waals surface area contributed by atoms with Crippen LogP contribution in [0.3, 0.4) is 0 Å². The van der Waals surface area contributed by atoms with E-state index in [0.29, 0.717) is 13.1 Å². The molecule has 1 saturated heterocycles. The molecule has 1 heterocycles. The average Bonchev–Trinajstić information content (AvgIpc) is 2.07. The number of rotatable bonds is 1. The lowest BCUT2D eigenvalue weighted by atomic mass is 9.75. The number of nitrogens with zero attached hydrogens (tertiary/aromatic N) is 1. The van der Waals surface area contributed by atoms with Crippen LogP contribution in [-0.2, 0) is 9.84 Å². The lowest BCUT2D eigenvalue weighted by Crippen LogP contribution is -2.61. The Morgan fingerprint density at radius 3 is 2.29 bits per heavy atom. The van der Waals surface area contributed by atoms with Crippen molar-refractivity contribution in [3.8, 4) is 0 Å². The van der Waals surface area contributed by atoms with Crippen LogP contribution in [0.25, 0.3) is 0 Å². The minimum absolute atomic E-state index is 0.179. The largest absolute Gasteiger partial charge is 0.389 e. The summed E-state index contributed by atoms with van der Waals surface area (Å²) >= 11 is 0. The second-order valence-corrected chi connectivity index (χ2v) is 6.90. The monoisotopic (exact) mass is 219 g/mol. The van der Waals surface area contributed by atoms with Crippen LogP contribution in [-0.4, -0.2) is 54.7 Å². The first-order chi connectivity index (χ1) is 6.41. The maximum absolute atomic E-state index is 11.2. The minimum Gasteiger partial charge on any atom is -0.389 e. The van der Waals surface area contributed by atoms with E-state index in [9.17, 15) is 13.5 Å². The second-order valence-electron chi connectivity index (χ2n) is 4.60. The Hall–Kier alpha value is -0.130. The molecular weight excluding hydrogens is 202 g/mol. The highest BCUT2D eigenvalue weighted by Crippen LogP contribution is 2.36. The molecular formula is C9H17NO3S. The predicted octanol–water partition coefficient (Wildman–Crippen LogP) is -0.370. The molecule has 1 aliphatic heterocycles. The maximum Gasteiger partial charge on any atom is 0.152 e. The topological polar surface area (TPSA) is 57.6 Å². The molecule has 4 nitrogen and oxygen atoms in total. The molecule has 2 atom stereocenters. The third-order valence-electron chi connectivity index (χ3n) is 3.46. The molecule has 0 aromatic rings. The van der Waals surface area contributed by atoms with Crippen molar-refractivity contribution >= 4 is 9.84 Å². The van der Waals surface area contributed by atoms with E-state index in [1.807, 2.05) is 6.92 Å². The fourth-order valence-corrected chi connectivity index (χ4v) is 3.53. The first kappa shape index (κ1) is 10.4. The summed E-state index contributed by atoms with van der Waals surface area (Å²) in [4.78, 5) is 2.12. The quantitative estimate of drug-likeness (QED) is 0.654. The summed E-state index contributed by atoms with van der Waals surface area (Å²) in [5, 5.41) is 9.86. The van der Waals surface area contributed by atoms with Crippen LogP contribution in [0.2, 0.25) is 0 Å². The summed E-state index contributed by atoms with van der Waals surface area (Å²) < 4.78 is 22.4. The summed E-state index contributed by atoms with van der Waals surface area (Å²) in [6.07, 6.45) is 1.83. The first-order valence-electron chi connectivity index (χ1n) is 5.08. The van der Waals surface area contributed by atoms with E-state index >= 15 is 0 Å². The number of hydrogen-bond acceptors (Lipinski definition) is 4. The fraction of sp³-hybridized carbons (Fsp3) is 1.00. The summed E-state index contributed by atoms with van der Waals surface area (Å²) in [5.41, 5.74) is -0.596. The van der Waals surface area contributed by atoms with Gasteiger partial charge in [-0.15, -0.1) is 0 Å². The van der Waals surface area contributed by atoms with Crippen LogP contribution in [0.15, 0.2) is 0 Å². The average molecular weight is 219 g/mol. The molecule has 1 aliphatic carbocycles. The van der Waals surface area contributed by atoms with Crippen LogP contribution >= 0.6 is 0 Å². The molecule has 5 heteroatoms. The molecule has 0 unspecified atom stereocenters. The van der Waals surface area contributed by atoms with Crippen molar-refractivity contribution in [3.63, 3.8) is 0 Å². The lowest BCUT2D eigenvalue weighted by Gasteiger charge is -2.50. The smallest absolute Gasteiger partial charge is 0.152 e. The lowest BCUT2D eigenvalue weighted by molar-refractivity contribution is -0.101. The van der Waals surface area contributed by atoms with Crippen LogP contribution < -0.4 is 0 Å². The van der Waals surface area contributed by atoms with Gasteiger partial charge in [0.1, 0.15) is 0 Å². The van der Waals surface area contributed by atoms with Gasteiger partial charge >= 0.3 is 0 Å². The highest BCUT2D eigenvalue weighted by atomic mass is 32.2. The zero-order valence-electron chi connectivity index (χ0n) is 8.44. The molecule has 0 radical (unpaired) electrons. The zero-order valence-corrected chi connectivity index (χ0v) is 9.26. The van der Waals surface area contributed by atoms with Crippen molar-refractivity contribution < 1.29 is 13.5 Å². The van der Waals surface area contributed by atoms with E-state index in [1.54, 1.807) is 0 Å². The Labute approximate surface area is 84.8 Å². The molecule has 0 aromatic carbocycles. The van der Waals surface area contributed by atoms with Crippen molar-refractivity contribution in [2.24, 2.45) is 0 Å². The van der Waals surface area contributed by atoms with Gasteiger partial charge in [0.15, 0.2) is 9.84 Å². The van der Waals surface area contributed by atoms with Crippen molar-refractivity contribution in [1.82, 2.24) is 4.90 Å². The van der Waals surface area contributed by atoms with E-state index in [1.165, 1.54) is 0 Å². The number of sulfone groups is 1. The summed E-state index contributed by atoms with van der Waals surface area (Å²) in [6.45, 7) is 3.01. The van der Waals surface area contributed by atoms with Gasteiger partial charge in [0.05, 0.1) is 17.1 Å². The summed E-state index contributed by atoms with van der Waals surface area (Å²) in [6, 6.07) is 0.179. The maximum atomic E-state index is 11.2. The number of aliphatic hydroxyl groups is 1. The Morgan fingerprint density at radius 2 is 1.93 bits per heavy atom. The van der Waals surface area contributed by atoms with Gasteiger partial charge < -0.3 is 5.11 Å². The standard InChI is InChI=1S/C9H17NO3S/c1-9(11)3-2-8(9)10-4-6-14(12,13)7-5-10/h8,11H,2-7H2,1H3/t8-,9-/m0/s1. The van der Waals surface area contributed by atoms with E-state index in [-0.39, 0.29) is 17.5 Å². The van der Waals surface area contributed by atoms with Gasteiger partial charge in [-0.3, -0.25) is 4.90 Å². The highest BCUT2D eigenvalue weighted by Gasteiger charge is 2.45. The van der Waals surface area contributed by atoms with Crippen LogP contribution in [0.4, 0.5) is 0 Å². The van der Waals surface area contributed by atoms with Gasteiger partial charge in [0.2, 0.25) is 0 Å². The van der Waals surface area contributed by atoms with E-state index in [4.69, 9.17) is 0 Å². The molecule has 0 amide bonds. The van der Waals surface area contributed by atoms with Crippen LogP contribution in [0.5, 0.6) is 0 Å². The van der Waals surface area contributed by atoms with E-state index < -0.39 is 15.4 Å². The minimum atomic E-state index is -2.79. The molecule has 14 heavy (non-hydrogen) atoms. The molecule has 0 spiro atoms. The summed E-state index contributed by atoms with van der Waals surface area (Å²) in [7, 11) is -2.79.